The Bertz CT molecular complexity index is 611. The van der Waals surface area contributed by atoms with Crippen LogP contribution in [0.1, 0.15) is 33.3 Å². The normalized spacial score (nSPS) is 21.2. The molecule has 0 bridgehead atoms. The standard InChI is InChI=1S/C15H19BO3/c1-10-9-17-13-7-6-11(8-12(10)13)16-18-14(2,3)15(4,5)19-16/h6-9H,1-5H3. The number of aryl methyl sites for hydroxylation is 1. The molecule has 1 saturated heterocycles. The Balaban J connectivity index is 2.00. The van der Waals surface area contributed by atoms with Crippen LogP contribution in [0.5, 0.6) is 0 Å². The Morgan fingerprint density at radius 1 is 1.00 bits per heavy atom. The van der Waals surface area contributed by atoms with Crippen LogP contribution < -0.4 is 5.46 Å². The average molecular weight is 258 g/mol. The van der Waals surface area contributed by atoms with Gasteiger partial charge in [-0.1, -0.05) is 12.1 Å². The van der Waals surface area contributed by atoms with Crippen molar-refractivity contribution in [3.05, 3.63) is 30.0 Å². The van der Waals surface area contributed by atoms with Crippen molar-refractivity contribution in [2.45, 2.75) is 45.8 Å². The van der Waals surface area contributed by atoms with Crippen molar-refractivity contribution in [3.63, 3.8) is 0 Å². The maximum absolute atomic E-state index is 6.06. The number of rotatable bonds is 1. The fourth-order valence-electron chi connectivity index (χ4n) is 2.30. The van der Waals surface area contributed by atoms with Crippen molar-refractivity contribution in [3.8, 4) is 0 Å². The highest BCUT2D eigenvalue weighted by atomic mass is 16.7. The molecule has 1 aromatic heterocycles. The van der Waals surface area contributed by atoms with Crippen molar-refractivity contribution >= 4 is 23.6 Å². The molecule has 2 aromatic rings. The maximum atomic E-state index is 6.06. The highest BCUT2D eigenvalue weighted by Gasteiger charge is 2.51. The SMILES string of the molecule is Cc1coc2ccc(B3OC(C)(C)C(C)(C)O3)cc12. The molecule has 2 heterocycles. The van der Waals surface area contributed by atoms with E-state index in [1.54, 1.807) is 6.26 Å². The molecule has 0 N–H and O–H groups in total. The number of benzene rings is 1. The van der Waals surface area contributed by atoms with Crippen LogP contribution in [0.3, 0.4) is 0 Å². The van der Waals surface area contributed by atoms with E-state index in [-0.39, 0.29) is 18.3 Å². The molecule has 1 aliphatic heterocycles. The van der Waals surface area contributed by atoms with Crippen LogP contribution in [-0.2, 0) is 9.31 Å². The number of hydrogen-bond acceptors (Lipinski definition) is 3. The molecule has 1 fully saturated rings. The minimum Gasteiger partial charge on any atom is -0.464 e. The van der Waals surface area contributed by atoms with Crippen LogP contribution in [0.4, 0.5) is 0 Å². The first-order chi connectivity index (χ1) is 8.80. The summed E-state index contributed by atoms with van der Waals surface area (Å²) < 4.78 is 17.6. The average Bonchev–Trinajstić information content (AvgIpc) is 2.78. The predicted octanol–water partition coefficient (Wildman–Crippen LogP) is 3.04. The topological polar surface area (TPSA) is 31.6 Å². The van der Waals surface area contributed by atoms with Crippen molar-refractivity contribution in [1.82, 2.24) is 0 Å². The molecule has 0 saturated carbocycles. The Labute approximate surface area is 114 Å². The van der Waals surface area contributed by atoms with Crippen LogP contribution in [0.2, 0.25) is 0 Å². The van der Waals surface area contributed by atoms with E-state index < -0.39 is 0 Å². The predicted molar refractivity (Wildman–Crippen MR) is 76.7 cm³/mol. The van der Waals surface area contributed by atoms with Gasteiger partial charge in [0.15, 0.2) is 0 Å². The summed E-state index contributed by atoms with van der Waals surface area (Å²) in [5.41, 5.74) is 2.46. The highest BCUT2D eigenvalue weighted by molar-refractivity contribution is 6.62. The van der Waals surface area contributed by atoms with Crippen molar-refractivity contribution in [1.29, 1.82) is 0 Å². The van der Waals surface area contributed by atoms with Gasteiger partial charge in [-0.15, -0.1) is 0 Å². The zero-order chi connectivity index (χ0) is 13.8. The molecule has 0 radical (unpaired) electrons. The van der Waals surface area contributed by atoms with Crippen LogP contribution in [-0.4, -0.2) is 18.3 Å². The summed E-state index contributed by atoms with van der Waals surface area (Å²) in [6.07, 6.45) is 1.78. The van der Waals surface area contributed by atoms with Crippen LogP contribution >= 0.6 is 0 Å². The van der Waals surface area contributed by atoms with Gasteiger partial charge in [-0.25, -0.2) is 0 Å². The molecule has 0 aliphatic carbocycles. The third-order valence-electron chi connectivity index (χ3n) is 4.32. The highest BCUT2D eigenvalue weighted by Crippen LogP contribution is 2.36. The van der Waals surface area contributed by atoms with Crippen LogP contribution in [0.15, 0.2) is 28.9 Å². The Morgan fingerprint density at radius 3 is 2.26 bits per heavy atom. The van der Waals surface area contributed by atoms with E-state index in [9.17, 15) is 0 Å². The largest absolute Gasteiger partial charge is 0.494 e. The molecule has 0 spiro atoms. The monoisotopic (exact) mass is 258 g/mol. The molecule has 3 rings (SSSR count). The van der Waals surface area contributed by atoms with E-state index >= 15 is 0 Å². The van der Waals surface area contributed by atoms with Gasteiger partial charge in [0.05, 0.1) is 17.5 Å². The summed E-state index contributed by atoms with van der Waals surface area (Å²) in [5.74, 6) is 0. The van der Waals surface area contributed by atoms with Gasteiger partial charge >= 0.3 is 7.12 Å². The molecule has 0 unspecified atom stereocenters. The molecule has 0 atom stereocenters. The van der Waals surface area contributed by atoms with E-state index in [2.05, 4.69) is 33.8 Å². The molecule has 0 amide bonds. The van der Waals surface area contributed by atoms with E-state index in [0.717, 1.165) is 22.0 Å². The van der Waals surface area contributed by atoms with Gasteiger partial charge in [-0.2, -0.15) is 0 Å². The molecule has 4 heteroatoms. The van der Waals surface area contributed by atoms with Gasteiger partial charge in [-0.05, 0) is 51.7 Å². The third kappa shape index (κ3) is 1.90. The lowest BCUT2D eigenvalue weighted by atomic mass is 9.78. The zero-order valence-corrected chi connectivity index (χ0v) is 12.1. The summed E-state index contributed by atoms with van der Waals surface area (Å²) in [7, 11) is -0.316. The number of furan rings is 1. The van der Waals surface area contributed by atoms with Crippen LogP contribution in [0.25, 0.3) is 11.0 Å². The molecule has 19 heavy (non-hydrogen) atoms. The van der Waals surface area contributed by atoms with Crippen LogP contribution in [0, 0.1) is 6.92 Å². The Kier molecular flexibility index (Phi) is 2.60. The smallest absolute Gasteiger partial charge is 0.464 e. The second-order valence-corrected chi connectivity index (χ2v) is 6.26. The van der Waals surface area contributed by atoms with Crippen molar-refractivity contribution in [2.24, 2.45) is 0 Å². The number of hydrogen-bond donors (Lipinski definition) is 0. The quantitative estimate of drug-likeness (QED) is 0.737. The lowest BCUT2D eigenvalue weighted by Gasteiger charge is -2.32. The molecule has 1 aromatic carbocycles. The van der Waals surface area contributed by atoms with Gasteiger partial charge in [-0.3, -0.25) is 0 Å². The zero-order valence-electron chi connectivity index (χ0n) is 12.1. The van der Waals surface area contributed by atoms with Crippen molar-refractivity contribution < 1.29 is 13.7 Å². The lowest BCUT2D eigenvalue weighted by molar-refractivity contribution is 0.00578. The summed E-state index contributed by atoms with van der Waals surface area (Å²) in [4.78, 5) is 0. The minimum atomic E-state index is -0.316. The summed E-state index contributed by atoms with van der Waals surface area (Å²) in [5, 5.41) is 1.12. The molecule has 3 nitrogen and oxygen atoms in total. The van der Waals surface area contributed by atoms with E-state index in [1.165, 1.54) is 0 Å². The summed E-state index contributed by atoms with van der Waals surface area (Å²) >= 11 is 0. The lowest BCUT2D eigenvalue weighted by Crippen LogP contribution is -2.41. The first-order valence-corrected chi connectivity index (χ1v) is 6.63. The third-order valence-corrected chi connectivity index (χ3v) is 4.32. The van der Waals surface area contributed by atoms with E-state index in [4.69, 9.17) is 13.7 Å². The molecular formula is C15H19BO3. The fourth-order valence-corrected chi connectivity index (χ4v) is 2.30. The summed E-state index contributed by atoms with van der Waals surface area (Å²) in [6, 6.07) is 6.08. The van der Waals surface area contributed by atoms with Gasteiger partial charge in [0, 0.05) is 5.39 Å². The van der Waals surface area contributed by atoms with E-state index in [1.807, 2.05) is 19.1 Å². The van der Waals surface area contributed by atoms with Gasteiger partial charge in [0.25, 0.3) is 0 Å². The second-order valence-electron chi connectivity index (χ2n) is 6.26. The number of fused-ring (bicyclic) bond motifs is 1. The molecule has 100 valence electrons. The Morgan fingerprint density at radius 2 is 1.63 bits per heavy atom. The maximum Gasteiger partial charge on any atom is 0.494 e. The van der Waals surface area contributed by atoms with Gasteiger partial charge in [0.2, 0.25) is 0 Å². The first-order valence-electron chi connectivity index (χ1n) is 6.63. The van der Waals surface area contributed by atoms with E-state index in [0.29, 0.717) is 0 Å². The summed E-state index contributed by atoms with van der Waals surface area (Å²) in [6.45, 7) is 10.3. The van der Waals surface area contributed by atoms with Crippen molar-refractivity contribution in [2.75, 3.05) is 0 Å². The van der Waals surface area contributed by atoms with Gasteiger partial charge in [0.1, 0.15) is 5.58 Å². The minimum absolute atomic E-state index is 0.307. The second kappa shape index (κ2) is 3.87. The first kappa shape index (κ1) is 12.8. The fraction of sp³-hybridized carbons (Fsp3) is 0.467. The van der Waals surface area contributed by atoms with Gasteiger partial charge < -0.3 is 13.7 Å². The Hall–Kier alpha value is -1.26. The molecule has 1 aliphatic rings. The molecular weight excluding hydrogens is 239 g/mol.